The summed E-state index contributed by atoms with van der Waals surface area (Å²) < 4.78 is 4.95. The summed E-state index contributed by atoms with van der Waals surface area (Å²) in [5.41, 5.74) is 2.33. The van der Waals surface area contributed by atoms with Crippen molar-refractivity contribution in [2.75, 3.05) is 13.1 Å². The Kier molecular flexibility index (Phi) is 4.46. The van der Waals surface area contributed by atoms with Gasteiger partial charge in [-0.2, -0.15) is 0 Å². The van der Waals surface area contributed by atoms with Crippen LogP contribution in [0.25, 0.3) is 0 Å². The molecule has 5 heteroatoms. The van der Waals surface area contributed by atoms with Crippen LogP contribution in [0, 0.1) is 6.92 Å². The maximum atomic E-state index is 12.3. The third-order valence-corrected chi connectivity index (χ3v) is 4.17. The minimum Gasteiger partial charge on any atom is -0.472 e. The molecule has 23 heavy (non-hydrogen) atoms. The molecule has 3 rings (SSSR count). The van der Waals surface area contributed by atoms with Crippen LogP contribution in [0.5, 0.6) is 0 Å². The highest BCUT2D eigenvalue weighted by Crippen LogP contribution is 2.15. The molecule has 2 heterocycles. The van der Waals surface area contributed by atoms with Crippen molar-refractivity contribution >= 4 is 11.8 Å². The van der Waals surface area contributed by atoms with Crippen molar-refractivity contribution in [1.29, 1.82) is 0 Å². The summed E-state index contributed by atoms with van der Waals surface area (Å²) in [6.45, 7) is 3.25. The standard InChI is InChI=1S/C18H20N2O3/c1-13-3-2-4-14(11-13)17(21)19-16-5-8-20(9-6-16)18(22)15-7-10-23-12-15/h2-4,7,10-12,16H,5-6,8-9H2,1H3,(H,19,21). The van der Waals surface area contributed by atoms with E-state index in [1.807, 2.05) is 31.2 Å². The topological polar surface area (TPSA) is 62.6 Å². The average molecular weight is 312 g/mol. The molecule has 0 radical (unpaired) electrons. The Hall–Kier alpha value is -2.56. The fraction of sp³-hybridized carbons (Fsp3) is 0.333. The van der Waals surface area contributed by atoms with E-state index in [0.717, 1.165) is 18.4 Å². The fourth-order valence-electron chi connectivity index (χ4n) is 2.85. The maximum Gasteiger partial charge on any atom is 0.257 e. The van der Waals surface area contributed by atoms with Gasteiger partial charge in [0.25, 0.3) is 11.8 Å². The molecule has 0 saturated carbocycles. The van der Waals surface area contributed by atoms with Crippen LogP contribution in [0.1, 0.15) is 39.1 Å². The molecule has 0 aliphatic carbocycles. The van der Waals surface area contributed by atoms with E-state index in [9.17, 15) is 9.59 Å². The predicted octanol–water partition coefficient (Wildman–Crippen LogP) is 2.62. The van der Waals surface area contributed by atoms with Gasteiger partial charge in [-0.1, -0.05) is 17.7 Å². The van der Waals surface area contributed by atoms with Gasteiger partial charge in [0.2, 0.25) is 0 Å². The van der Waals surface area contributed by atoms with Crippen LogP contribution in [-0.4, -0.2) is 35.8 Å². The Morgan fingerprint density at radius 2 is 1.96 bits per heavy atom. The minimum atomic E-state index is -0.0479. The van der Waals surface area contributed by atoms with E-state index in [2.05, 4.69) is 5.32 Å². The van der Waals surface area contributed by atoms with E-state index in [4.69, 9.17) is 4.42 Å². The summed E-state index contributed by atoms with van der Waals surface area (Å²) in [5.74, 6) is -0.0597. The molecule has 1 aromatic heterocycles. The third-order valence-electron chi connectivity index (χ3n) is 4.17. The molecule has 5 nitrogen and oxygen atoms in total. The van der Waals surface area contributed by atoms with Gasteiger partial charge in [-0.15, -0.1) is 0 Å². The summed E-state index contributed by atoms with van der Waals surface area (Å²) in [5, 5.41) is 3.06. The van der Waals surface area contributed by atoms with E-state index in [-0.39, 0.29) is 17.9 Å². The van der Waals surface area contributed by atoms with Gasteiger partial charge in [-0.3, -0.25) is 9.59 Å². The highest BCUT2D eigenvalue weighted by Gasteiger charge is 2.25. The van der Waals surface area contributed by atoms with Crippen LogP contribution in [0.15, 0.2) is 47.3 Å². The zero-order valence-electron chi connectivity index (χ0n) is 13.1. The van der Waals surface area contributed by atoms with Crippen molar-refractivity contribution in [2.24, 2.45) is 0 Å². The maximum absolute atomic E-state index is 12.3. The number of piperidine rings is 1. The summed E-state index contributed by atoms with van der Waals surface area (Å²) in [6, 6.07) is 9.34. The van der Waals surface area contributed by atoms with Crippen LogP contribution in [0.3, 0.4) is 0 Å². The number of nitrogens with zero attached hydrogens (tertiary/aromatic N) is 1. The summed E-state index contributed by atoms with van der Waals surface area (Å²) in [7, 11) is 0. The van der Waals surface area contributed by atoms with Gasteiger partial charge >= 0.3 is 0 Å². The fourth-order valence-corrected chi connectivity index (χ4v) is 2.85. The number of nitrogens with one attached hydrogen (secondary N) is 1. The van der Waals surface area contributed by atoms with Crippen molar-refractivity contribution in [3.8, 4) is 0 Å². The van der Waals surface area contributed by atoms with Crippen LogP contribution < -0.4 is 5.32 Å². The molecule has 1 aliphatic heterocycles. The van der Waals surface area contributed by atoms with Gasteiger partial charge in [0.15, 0.2) is 0 Å². The number of carbonyl (C=O) groups is 2. The molecule has 1 saturated heterocycles. The smallest absolute Gasteiger partial charge is 0.257 e. The lowest BCUT2D eigenvalue weighted by atomic mass is 10.0. The number of carbonyl (C=O) groups excluding carboxylic acids is 2. The van der Waals surface area contributed by atoms with Crippen LogP contribution >= 0.6 is 0 Å². The molecule has 1 N–H and O–H groups in total. The molecule has 0 spiro atoms. The minimum absolute atomic E-state index is 0.0118. The third kappa shape index (κ3) is 3.62. The van der Waals surface area contributed by atoms with E-state index in [1.54, 1.807) is 11.0 Å². The first-order chi connectivity index (χ1) is 11.1. The first-order valence-electron chi connectivity index (χ1n) is 7.82. The van der Waals surface area contributed by atoms with Crippen LogP contribution in [-0.2, 0) is 0 Å². The highest BCUT2D eigenvalue weighted by atomic mass is 16.3. The zero-order chi connectivity index (χ0) is 16.2. The first-order valence-corrected chi connectivity index (χ1v) is 7.82. The second-order valence-electron chi connectivity index (χ2n) is 5.92. The summed E-state index contributed by atoms with van der Waals surface area (Å²) in [4.78, 5) is 26.3. The Morgan fingerprint density at radius 1 is 1.17 bits per heavy atom. The zero-order valence-corrected chi connectivity index (χ0v) is 13.1. The van der Waals surface area contributed by atoms with E-state index in [1.165, 1.54) is 12.5 Å². The molecular weight excluding hydrogens is 292 g/mol. The van der Waals surface area contributed by atoms with Gasteiger partial charge in [-0.25, -0.2) is 0 Å². The Bertz CT molecular complexity index is 686. The van der Waals surface area contributed by atoms with Gasteiger partial charge in [0, 0.05) is 24.7 Å². The number of rotatable bonds is 3. The van der Waals surface area contributed by atoms with Crippen molar-refractivity contribution in [3.63, 3.8) is 0 Å². The summed E-state index contributed by atoms with van der Waals surface area (Å²) >= 11 is 0. The largest absolute Gasteiger partial charge is 0.472 e. The molecule has 0 bridgehead atoms. The molecule has 1 aromatic carbocycles. The number of furan rings is 1. The monoisotopic (exact) mass is 312 g/mol. The van der Waals surface area contributed by atoms with Crippen molar-refractivity contribution in [1.82, 2.24) is 10.2 Å². The van der Waals surface area contributed by atoms with E-state index in [0.29, 0.717) is 24.2 Å². The van der Waals surface area contributed by atoms with Crippen molar-refractivity contribution in [3.05, 3.63) is 59.5 Å². The lowest BCUT2D eigenvalue weighted by Gasteiger charge is -2.32. The van der Waals surface area contributed by atoms with E-state index < -0.39 is 0 Å². The Balaban J connectivity index is 1.53. The Morgan fingerprint density at radius 3 is 2.61 bits per heavy atom. The van der Waals surface area contributed by atoms with Gasteiger partial charge in [0.1, 0.15) is 6.26 Å². The van der Waals surface area contributed by atoms with E-state index >= 15 is 0 Å². The quantitative estimate of drug-likeness (QED) is 0.947. The number of benzene rings is 1. The Labute approximate surface area is 135 Å². The predicted molar refractivity (Wildman–Crippen MR) is 86.3 cm³/mol. The molecule has 120 valence electrons. The molecule has 2 aromatic rings. The average Bonchev–Trinajstić information content (AvgIpc) is 3.09. The second kappa shape index (κ2) is 6.69. The molecule has 0 atom stereocenters. The number of amides is 2. The van der Waals surface area contributed by atoms with Crippen LogP contribution in [0.4, 0.5) is 0 Å². The molecule has 1 aliphatic rings. The number of hydrogen-bond donors (Lipinski definition) is 1. The number of likely N-dealkylation sites (tertiary alicyclic amines) is 1. The number of hydrogen-bond acceptors (Lipinski definition) is 3. The second-order valence-corrected chi connectivity index (χ2v) is 5.92. The van der Waals surface area contributed by atoms with Crippen molar-refractivity contribution < 1.29 is 14.0 Å². The van der Waals surface area contributed by atoms with Gasteiger partial charge < -0.3 is 14.6 Å². The molecular formula is C18H20N2O3. The molecule has 2 amide bonds. The highest BCUT2D eigenvalue weighted by molar-refractivity contribution is 5.95. The molecule has 1 fully saturated rings. The molecule has 0 unspecified atom stereocenters. The van der Waals surface area contributed by atoms with Crippen LogP contribution in [0.2, 0.25) is 0 Å². The lowest BCUT2D eigenvalue weighted by Crippen LogP contribution is -2.46. The SMILES string of the molecule is Cc1cccc(C(=O)NC2CCN(C(=O)c3ccoc3)CC2)c1. The summed E-state index contributed by atoms with van der Waals surface area (Å²) in [6.07, 6.45) is 4.50. The van der Waals surface area contributed by atoms with Gasteiger partial charge in [0.05, 0.1) is 11.8 Å². The van der Waals surface area contributed by atoms with Crippen molar-refractivity contribution in [2.45, 2.75) is 25.8 Å². The number of aryl methyl sites for hydroxylation is 1. The first kappa shape index (κ1) is 15.3. The van der Waals surface area contributed by atoms with Gasteiger partial charge in [-0.05, 0) is 38.0 Å². The lowest BCUT2D eigenvalue weighted by molar-refractivity contribution is 0.0697. The normalized spacial score (nSPS) is 15.4.